The molecule has 29 heavy (non-hydrogen) atoms. The molecule has 1 aromatic carbocycles. The van der Waals surface area contributed by atoms with E-state index in [9.17, 15) is 0 Å². The van der Waals surface area contributed by atoms with Gasteiger partial charge in [-0.15, -0.1) is 0 Å². The summed E-state index contributed by atoms with van der Waals surface area (Å²) >= 11 is 0. The Balaban J connectivity index is 1.33. The van der Waals surface area contributed by atoms with Gasteiger partial charge in [0.15, 0.2) is 11.5 Å². The van der Waals surface area contributed by atoms with Crippen molar-refractivity contribution in [1.29, 1.82) is 0 Å². The zero-order valence-corrected chi connectivity index (χ0v) is 16.4. The maximum atomic E-state index is 6.23. The Hall–Kier alpha value is -3.19. The van der Waals surface area contributed by atoms with Gasteiger partial charge in [-0.05, 0) is 30.9 Å². The standard InChI is InChI=1S/C22H24N6O/c1-28-13-17(12-24-28)16-10-18-21(23-11-16)26-27-22(18)25-19-8-5-9-20(19)29-14-15-6-3-2-4-7-15/h2-4,6-7,10-13,19-20H,5,8-9,14H2,1H3,(H2,23,25,26,27)/t19-,20+/m1/s1. The predicted molar refractivity (Wildman–Crippen MR) is 112 cm³/mol. The van der Waals surface area contributed by atoms with Gasteiger partial charge in [-0.25, -0.2) is 4.98 Å². The molecular formula is C22H24N6O. The fourth-order valence-electron chi connectivity index (χ4n) is 3.99. The minimum atomic E-state index is 0.177. The quantitative estimate of drug-likeness (QED) is 0.523. The number of nitrogens with zero attached hydrogens (tertiary/aromatic N) is 4. The zero-order chi connectivity index (χ0) is 19.6. The van der Waals surface area contributed by atoms with Crippen molar-refractivity contribution in [2.45, 2.75) is 38.0 Å². The van der Waals surface area contributed by atoms with E-state index in [4.69, 9.17) is 4.74 Å². The van der Waals surface area contributed by atoms with Crippen molar-refractivity contribution in [2.75, 3.05) is 5.32 Å². The van der Waals surface area contributed by atoms with Crippen molar-refractivity contribution < 1.29 is 4.74 Å². The fourth-order valence-corrected chi connectivity index (χ4v) is 3.99. The number of H-pyrrole nitrogens is 1. The molecule has 1 saturated carbocycles. The molecule has 3 heterocycles. The molecule has 4 aromatic rings. The van der Waals surface area contributed by atoms with Crippen molar-refractivity contribution in [1.82, 2.24) is 25.0 Å². The lowest BCUT2D eigenvalue weighted by Crippen LogP contribution is -2.30. The third-order valence-corrected chi connectivity index (χ3v) is 5.54. The lowest BCUT2D eigenvalue weighted by atomic mass is 10.1. The number of fused-ring (bicyclic) bond motifs is 1. The van der Waals surface area contributed by atoms with E-state index in [1.165, 1.54) is 5.56 Å². The molecule has 1 aliphatic carbocycles. The number of aromatic nitrogens is 5. The van der Waals surface area contributed by atoms with Crippen LogP contribution in [0.25, 0.3) is 22.2 Å². The molecule has 2 N–H and O–H groups in total. The summed E-state index contributed by atoms with van der Waals surface area (Å²) in [5.41, 5.74) is 4.05. The van der Waals surface area contributed by atoms with Gasteiger partial charge in [0.05, 0.1) is 30.3 Å². The number of aromatic amines is 1. The molecule has 0 amide bonds. The SMILES string of the molecule is Cn1cc(-c2cnc3[nH]nc(N[C@@H]4CCC[C@@H]4OCc4ccccc4)c3c2)cn1. The molecule has 1 aliphatic rings. The van der Waals surface area contributed by atoms with E-state index < -0.39 is 0 Å². The first kappa shape index (κ1) is 17.9. The second-order valence-corrected chi connectivity index (χ2v) is 7.61. The zero-order valence-electron chi connectivity index (χ0n) is 16.4. The summed E-state index contributed by atoms with van der Waals surface area (Å²) in [7, 11) is 1.91. The molecule has 0 saturated heterocycles. The molecule has 0 spiro atoms. The monoisotopic (exact) mass is 388 g/mol. The summed E-state index contributed by atoms with van der Waals surface area (Å²) in [6.45, 7) is 0.637. The lowest BCUT2D eigenvalue weighted by Gasteiger charge is -2.21. The lowest BCUT2D eigenvalue weighted by molar-refractivity contribution is 0.0394. The van der Waals surface area contributed by atoms with E-state index in [-0.39, 0.29) is 12.1 Å². The summed E-state index contributed by atoms with van der Waals surface area (Å²) < 4.78 is 8.02. The minimum Gasteiger partial charge on any atom is -0.371 e. The Morgan fingerprint density at radius 2 is 2.07 bits per heavy atom. The number of hydrogen-bond donors (Lipinski definition) is 2. The van der Waals surface area contributed by atoms with Gasteiger partial charge in [-0.1, -0.05) is 30.3 Å². The van der Waals surface area contributed by atoms with E-state index in [2.05, 4.69) is 43.8 Å². The number of nitrogens with one attached hydrogen (secondary N) is 2. The highest BCUT2D eigenvalue weighted by molar-refractivity contribution is 5.90. The van der Waals surface area contributed by atoms with E-state index in [1.807, 2.05) is 43.8 Å². The summed E-state index contributed by atoms with van der Waals surface area (Å²) in [6.07, 6.45) is 9.15. The van der Waals surface area contributed by atoms with Gasteiger partial charge in [0.25, 0.3) is 0 Å². The second kappa shape index (κ2) is 7.67. The van der Waals surface area contributed by atoms with Gasteiger partial charge < -0.3 is 10.1 Å². The highest BCUT2D eigenvalue weighted by Gasteiger charge is 2.29. The maximum absolute atomic E-state index is 6.23. The molecule has 7 heteroatoms. The molecular weight excluding hydrogens is 364 g/mol. The van der Waals surface area contributed by atoms with E-state index in [1.54, 1.807) is 4.68 Å². The molecule has 148 valence electrons. The fraction of sp³-hybridized carbons (Fsp3) is 0.318. The van der Waals surface area contributed by atoms with Crippen LogP contribution in [-0.2, 0) is 18.4 Å². The number of anilines is 1. The molecule has 2 atom stereocenters. The van der Waals surface area contributed by atoms with E-state index in [0.29, 0.717) is 6.61 Å². The third-order valence-electron chi connectivity index (χ3n) is 5.54. The number of aryl methyl sites for hydroxylation is 1. The highest BCUT2D eigenvalue weighted by Crippen LogP contribution is 2.30. The Bertz CT molecular complexity index is 1100. The normalized spacial score (nSPS) is 19.1. The third kappa shape index (κ3) is 3.73. The average molecular weight is 388 g/mol. The average Bonchev–Trinajstić information content (AvgIpc) is 3.48. The van der Waals surface area contributed by atoms with Crippen molar-refractivity contribution in [3.05, 3.63) is 60.6 Å². The van der Waals surface area contributed by atoms with Crippen LogP contribution in [0.3, 0.4) is 0 Å². The number of pyridine rings is 1. The second-order valence-electron chi connectivity index (χ2n) is 7.61. The molecule has 3 aromatic heterocycles. The topological polar surface area (TPSA) is 80.7 Å². The van der Waals surface area contributed by atoms with Crippen LogP contribution in [0, 0.1) is 0 Å². The van der Waals surface area contributed by atoms with Crippen LogP contribution >= 0.6 is 0 Å². The first-order chi connectivity index (χ1) is 14.3. The first-order valence-corrected chi connectivity index (χ1v) is 10.0. The van der Waals surface area contributed by atoms with E-state index in [0.717, 1.165) is 47.2 Å². The molecule has 0 radical (unpaired) electrons. The van der Waals surface area contributed by atoms with E-state index >= 15 is 0 Å². The Morgan fingerprint density at radius 3 is 2.90 bits per heavy atom. The molecule has 0 aliphatic heterocycles. The maximum Gasteiger partial charge on any atom is 0.157 e. The van der Waals surface area contributed by atoms with Crippen LogP contribution < -0.4 is 5.32 Å². The van der Waals surface area contributed by atoms with Crippen LogP contribution in [0.15, 0.2) is 55.0 Å². The smallest absolute Gasteiger partial charge is 0.157 e. The molecule has 0 unspecified atom stereocenters. The van der Waals surface area contributed by atoms with Gasteiger partial charge in [-0.3, -0.25) is 9.78 Å². The van der Waals surface area contributed by atoms with Crippen LogP contribution in [0.1, 0.15) is 24.8 Å². The number of rotatable bonds is 6. The van der Waals surface area contributed by atoms with Crippen LogP contribution in [0.4, 0.5) is 5.82 Å². The number of hydrogen-bond acceptors (Lipinski definition) is 5. The van der Waals surface area contributed by atoms with Gasteiger partial charge >= 0.3 is 0 Å². The Morgan fingerprint density at radius 1 is 1.17 bits per heavy atom. The van der Waals surface area contributed by atoms with Crippen molar-refractivity contribution >= 4 is 16.9 Å². The van der Waals surface area contributed by atoms with Crippen molar-refractivity contribution in [2.24, 2.45) is 7.05 Å². The Labute approximate surface area is 169 Å². The highest BCUT2D eigenvalue weighted by atomic mass is 16.5. The molecule has 0 bridgehead atoms. The minimum absolute atomic E-state index is 0.177. The van der Waals surface area contributed by atoms with Crippen LogP contribution in [-0.4, -0.2) is 37.1 Å². The number of benzene rings is 1. The molecule has 1 fully saturated rings. The summed E-state index contributed by atoms with van der Waals surface area (Å²) in [5, 5.41) is 16.4. The van der Waals surface area contributed by atoms with Gasteiger partial charge in [-0.2, -0.15) is 10.2 Å². The van der Waals surface area contributed by atoms with Gasteiger partial charge in [0.1, 0.15) is 0 Å². The van der Waals surface area contributed by atoms with Crippen molar-refractivity contribution in [3.63, 3.8) is 0 Å². The van der Waals surface area contributed by atoms with Crippen molar-refractivity contribution in [3.8, 4) is 11.1 Å². The summed E-state index contributed by atoms with van der Waals surface area (Å²) in [4.78, 5) is 4.53. The Kier molecular flexibility index (Phi) is 4.73. The van der Waals surface area contributed by atoms with Crippen LogP contribution in [0.2, 0.25) is 0 Å². The van der Waals surface area contributed by atoms with Gasteiger partial charge in [0, 0.05) is 30.6 Å². The summed E-state index contributed by atoms with van der Waals surface area (Å²) in [5.74, 6) is 0.832. The van der Waals surface area contributed by atoms with Crippen LogP contribution in [0.5, 0.6) is 0 Å². The molecule has 7 nitrogen and oxygen atoms in total. The number of ether oxygens (including phenoxy) is 1. The molecule has 5 rings (SSSR count). The van der Waals surface area contributed by atoms with Gasteiger partial charge in [0.2, 0.25) is 0 Å². The summed E-state index contributed by atoms with van der Waals surface area (Å²) in [6, 6.07) is 12.7. The predicted octanol–water partition coefficient (Wildman–Crippen LogP) is 3.91. The first-order valence-electron chi connectivity index (χ1n) is 10.0. The largest absolute Gasteiger partial charge is 0.371 e.